The van der Waals surface area contributed by atoms with E-state index < -0.39 is 29.8 Å². The quantitative estimate of drug-likeness (QED) is 0.331. The lowest BCUT2D eigenvalue weighted by Gasteiger charge is -2.18. The lowest BCUT2D eigenvalue weighted by Crippen LogP contribution is -2.28. The van der Waals surface area contributed by atoms with Crippen molar-refractivity contribution in [1.82, 2.24) is 14.8 Å². The second-order valence-corrected chi connectivity index (χ2v) is 7.25. The second-order valence-electron chi connectivity index (χ2n) is 6.31. The van der Waals surface area contributed by atoms with Crippen LogP contribution in [-0.4, -0.2) is 58.0 Å². The Kier molecular flexibility index (Phi) is 8.23. The zero-order chi connectivity index (χ0) is 24.0. The third-order valence-corrected chi connectivity index (χ3v) is 5.20. The average molecular weight is 468 g/mol. The SMILES string of the molecule is CCOC(=O)c1c(C)oc(NC(=O)C(CC)n2c(N)nnc2SCC(=O)OC)c1C(N)=O. The van der Waals surface area contributed by atoms with Gasteiger partial charge in [0, 0.05) is 0 Å². The smallest absolute Gasteiger partial charge is 0.342 e. The van der Waals surface area contributed by atoms with Crippen molar-refractivity contribution in [2.75, 3.05) is 30.5 Å². The van der Waals surface area contributed by atoms with E-state index in [1.54, 1.807) is 13.8 Å². The van der Waals surface area contributed by atoms with Gasteiger partial charge in [-0.25, -0.2) is 4.79 Å². The topological polar surface area (TPSA) is 195 Å². The number of furan rings is 1. The van der Waals surface area contributed by atoms with Crippen molar-refractivity contribution < 1.29 is 33.1 Å². The first kappa shape index (κ1) is 24.7. The molecule has 174 valence electrons. The molecule has 0 saturated heterocycles. The van der Waals surface area contributed by atoms with Crippen molar-refractivity contribution in [3.05, 3.63) is 16.9 Å². The number of anilines is 2. The Balaban J connectivity index is 2.37. The van der Waals surface area contributed by atoms with E-state index in [9.17, 15) is 19.2 Å². The maximum Gasteiger partial charge on any atom is 0.342 e. The second kappa shape index (κ2) is 10.7. The first-order valence-corrected chi connectivity index (χ1v) is 10.5. The van der Waals surface area contributed by atoms with E-state index in [1.165, 1.54) is 18.6 Å². The van der Waals surface area contributed by atoms with Crippen LogP contribution in [0.15, 0.2) is 9.57 Å². The molecule has 1 unspecified atom stereocenters. The van der Waals surface area contributed by atoms with Crippen LogP contribution in [0.4, 0.5) is 11.8 Å². The molecule has 2 amide bonds. The molecule has 13 nitrogen and oxygen atoms in total. The molecule has 0 saturated carbocycles. The van der Waals surface area contributed by atoms with Crippen LogP contribution >= 0.6 is 11.8 Å². The molecule has 5 N–H and O–H groups in total. The molecular weight excluding hydrogens is 444 g/mol. The van der Waals surface area contributed by atoms with Gasteiger partial charge in [0.1, 0.15) is 22.9 Å². The number of thioether (sulfide) groups is 1. The standard InChI is InChI=1S/C18H24N6O7S/c1-5-9(24-17(20)22-23-18(24)32-7-10(25)29-4)14(27)21-15-12(13(19)26)11(8(3)31-15)16(28)30-6-2/h9H,5-7H2,1-4H3,(H2,19,26)(H2,20,22)(H,21,27). The van der Waals surface area contributed by atoms with Crippen LogP contribution in [-0.2, 0) is 19.1 Å². The summed E-state index contributed by atoms with van der Waals surface area (Å²) >= 11 is 0.988. The van der Waals surface area contributed by atoms with Crippen molar-refractivity contribution in [1.29, 1.82) is 0 Å². The number of ether oxygens (including phenoxy) is 2. The minimum atomic E-state index is -0.980. The molecule has 14 heteroatoms. The molecule has 0 aliphatic heterocycles. The van der Waals surface area contributed by atoms with Crippen molar-refractivity contribution in [3.63, 3.8) is 0 Å². The van der Waals surface area contributed by atoms with E-state index in [1.807, 2.05) is 0 Å². The van der Waals surface area contributed by atoms with Crippen LogP contribution in [0.2, 0.25) is 0 Å². The summed E-state index contributed by atoms with van der Waals surface area (Å²) < 4.78 is 16.3. The summed E-state index contributed by atoms with van der Waals surface area (Å²) in [6, 6.07) is -0.928. The number of primary amides is 1. The first-order valence-electron chi connectivity index (χ1n) is 9.47. The lowest BCUT2D eigenvalue weighted by atomic mass is 10.1. The Morgan fingerprint density at radius 2 is 1.91 bits per heavy atom. The molecule has 0 radical (unpaired) electrons. The fourth-order valence-corrected chi connectivity index (χ4v) is 3.68. The Morgan fingerprint density at radius 1 is 1.22 bits per heavy atom. The Labute approximate surface area is 187 Å². The number of hydrogen-bond acceptors (Lipinski definition) is 11. The van der Waals surface area contributed by atoms with Gasteiger partial charge in [-0.15, -0.1) is 10.2 Å². The number of aromatic nitrogens is 3. The molecule has 32 heavy (non-hydrogen) atoms. The first-order chi connectivity index (χ1) is 15.2. The summed E-state index contributed by atoms with van der Waals surface area (Å²) in [7, 11) is 1.25. The van der Waals surface area contributed by atoms with E-state index in [0.717, 1.165) is 11.8 Å². The van der Waals surface area contributed by atoms with Crippen LogP contribution in [0.1, 0.15) is 52.8 Å². The molecule has 1 atom stereocenters. The number of esters is 2. The molecule has 0 aliphatic carbocycles. The van der Waals surface area contributed by atoms with Crippen LogP contribution in [0.5, 0.6) is 0 Å². The highest BCUT2D eigenvalue weighted by Gasteiger charge is 2.32. The van der Waals surface area contributed by atoms with Gasteiger partial charge in [0.25, 0.3) is 5.91 Å². The largest absolute Gasteiger partial charge is 0.468 e. The normalized spacial score (nSPS) is 11.6. The highest BCUT2D eigenvalue weighted by Crippen LogP contribution is 2.30. The minimum absolute atomic E-state index is 0.0544. The zero-order valence-electron chi connectivity index (χ0n) is 18.0. The van der Waals surface area contributed by atoms with E-state index >= 15 is 0 Å². The van der Waals surface area contributed by atoms with Crippen molar-refractivity contribution >= 4 is 47.3 Å². The van der Waals surface area contributed by atoms with Gasteiger partial charge in [-0.3, -0.25) is 24.3 Å². The third kappa shape index (κ3) is 5.19. The van der Waals surface area contributed by atoms with E-state index in [2.05, 4.69) is 20.3 Å². The summed E-state index contributed by atoms with van der Waals surface area (Å²) in [6.07, 6.45) is 0.246. The number of aryl methyl sites for hydroxylation is 1. The molecule has 2 rings (SSSR count). The Morgan fingerprint density at radius 3 is 2.47 bits per heavy atom. The lowest BCUT2D eigenvalue weighted by molar-refractivity contribution is -0.137. The molecule has 0 bridgehead atoms. The number of nitrogens with one attached hydrogen (secondary N) is 1. The fraction of sp³-hybridized carbons (Fsp3) is 0.444. The van der Waals surface area contributed by atoms with E-state index in [4.69, 9.17) is 20.6 Å². The van der Waals surface area contributed by atoms with E-state index in [-0.39, 0.29) is 52.7 Å². The minimum Gasteiger partial charge on any atom is -0.468 e. The highest BCUT2D eigenvalue weighted by molar-refractivity contribution is 7.99. The third-order valence-electron chi connectivity index (χ3n) is 4.29. The number of nitrogens with zero attached hydrogens (tertiary/aromatic N) is 3. The van der Waals surface area contributed by atoms with Gasteiger partial charge in [0.15, 0.2) is 5.16 Å². The number of rotatable bonds is 10. The Bertz CT molecular complexity index is 1030. The van der Waals surface area contributed by atoms with E-state index in [0.29, 0.717) is 0 Å². The average Bonchev–Trinajstić information content (AvgIpc) is 3.26. The predicted molar refractivity (Wildman–Crippen MR) is 113 cm³/mol. The summed E-state index contributed by atoms with van der Waals surface area (Å²) in [5, 5.41) is 10.3. The maximum absolute atomic E-state index is 13.1. The molecule has 0 spiro atoms. The van der Waals surface area contributed by atoms with Gasteiger partial charge in [-0.2, -0.15) is 0 Å². The van der Waals surface area contributed by atoms with Crippen LogP contribution < -0.4 is 16.8 Å². The molecule has 2 aromatic heterocycles. The highest BCUT2D eigenvalue weighted by atomic mass is 32.2. The fourth-order valence-electron chi connectivity index (χ4n) is 2.86. The van der Waals surface area contributed by atoms with Gasteiger partial charge >= 0.3 is 11.9 Å². The molecule has 2 heterocycles. The van der Waals surface area contributed by atoms with Crippen LogP contribution in [0.3, 0.4) is 0 Å². The molecule has 2 aromatic rings. The molecule has 0 aliphatic rings. The number of carbonyl (C=O) groups is 4. The molecule has 0 aromatic carbocycles. The number of hydrogen-bond donors (Lipinski definition) is 3. The van der Waals surface area contributed by atoms with Crippen molar-refractivity contribution in [3.8, 4) is 0 Å². The summed E-state index contributed by atoms with van der Waals surface area (Å²) in [4.78, 5) is 48.7. The van der Waals surface area contributed by atoms with Gasteiger partial charge in [0.05, 0.1) is 19.5 Å². The van der Waals surface area contributed by atoms with Gasteiger partial charge in [-0.05, 0) is 20.3 Å². The summed E-state index contributed by atoms with van der Waals surface area (Å²) in [6.45, 7) is 4.82. The Hall–Kier alpha value is -3.55. The molecule has 0 fully saturated rings. The van der Waals surface area contributed by atoms with Crippen molar-refractivity contribution in [2.24, 2.45) is 5.73 Å². The summed E-state index contributed by atoms with van der Waals surface area (Å²) in [5.41, 5.74) is 10.8. The van der Waals surface area contributed by atoms with Gasteiger partial charge in [0.2, 0.25) is 17.7 Å². The number of nitrogens with two attached hydrogens (primary N) is 2. The maximum atomic E-state index is 13.1. The number of carbonyl (C=O) groups excluding carboxylic acids is 4. The molecular formula is C18H24N6O7S. The number of nitrogen functional groups attached to an aromatic ring is 1. The van der Waals surface area contributed by atoms with Crippen LogP contribution in [0, 0.1) is 6.92 Å². The van der Waals surface area contributed by atoms with Crippen molar-refractivity contribution in [2.45, 2.75) is 38.4 Å². The number of amides is 2. The number of methoxy groups -OCH3 is 1. The van der Waals surface area contributed by atoms with Gasteiger partial charge in [-0.1, -0.05) is 18.7 Å². The predicted octanol–water partition coefficient (Wildman–Crippen LogP) is 0.892. The van der Waals surface area contributed by atoms with Gasteiger partial charge < -0.3 is 25.4 Å². The van der Waals surface area contributed by atoms with Crippen LogP contribution in [0.25, 0.3) is 0 Å². The zero-order valence-corrected chi connectivity index (χ0v) is 18.8. The monoisotopic (exact) mass is 468 g/mol. The summed E-state index contributed by atoms with van der Waals surface area (Å²) in [5.74, 6) is -3.28.